The van der Waals surface area contributed by atoms with E-state index >= 15 is 0 Å². The van der Waals surface area contributed by atoms with E-state index < -0.39 is 0 Å². The van der Waals surface area contributed by atoms with Crippen LogP contribution in [-0.2, 0) is 12.8 Å². The number of Topliss-reactive ketones (excluding diaryl/α,β-unsaturated/α-hetero) is 1. The van der Waals surface area contributed by atoms with Gasteiger partial charge in [-0.15, -0.1) is 11.3 Å². The molecule has 2 aromatic carbocycles. The number of hydrogen-bond donors (Lipinski definition) is 1. The van der Waals surface area contributed by atoms with E-state index in [4.69, 9.17) is 5.73 Å². The van der Waals surface area contributed by atoms with Crippen molar-refractivity contribution in [1.29, 1.82) is 0 Å². The third-order valence-corrected chi connectivity index (χ3v) is 8.68. The average molecular weight is 517 g/mol. The van der Waals surface area contributed by atoms with Crippen LogP contribution >= 0.6 is 11.3 Å². The number of thiophene rings is 1. The normalized spacial score (nSPS) is 17.2. The van der Waals surface area contributed by atoms with Crippen molar-refractivity contribution in [3.63, 3.8) is 0 Å². The van der Waals surface area contributed by atoms with Gasteiger partial charge in [0.2, 0.25) is 0 Å². The van der Waals surface area contributed by atoms with Crippen molar-refractivity contribution in [3.8, 4) is 10.4 Å². The first-order valence-corrected chi connectivity index (χ1v) is 14.1. The number of carbonyl (C=O) groups excluding carboxylic acids is 2. The first kappa shape index (κ1) is 25.5. The number of anilines is 1. The van der Waals surface area contributed by atoms with Crippen LogP contribution in [0.1, 0.15) is 34.3 Å². The fraction of sp³-hybridized carbons (Fsp3) is 0.400. The minimum Gasteiger partial charge on any atom is -0.398 e. The van der Waals surface area contributed by atoms with Crippen LogP contribution in [0.3, 0.4) is 0 Å². The number of carbonyl (C=O) groups is 2. The van der Waals surface area contributed by atoms with Crippen molar-refractivity contribution in [2.24, 2.45) is 5.92 Å². The Morgan fingerprint density at radius 2 is 1.62 bits per heavy atom. The van der Waals surface area contributed by atoms with Gasteiger partial charge in [0.25, 0.3) is 0 Å². The lowest BCUT2D eigenvalue weighted by molar-refractivity contribution is 0.0993. The topological polar surface area (TPSA) is 69.9 Å². The molecule has 1 aromatic heterocycles. The zero-order valence-corrected chi connectivity index (χ0v) is 22.4. The first-order valence-electron chi connectivity index (χ1n) is 13.2. The third kappa shape index (κ3) is 6.22. The molecular weight excluding hydrogens is 480 g/mol. The summed E-state index contributed by atoms with van der Waals surface area (Å²) in [5, 5.41) is 2.05. The van der Waals surface area contributed by atoms with Crippen molar-refractivity contribution >= 4 is 28.8 Å². The molecule has 2 fully saturated rings. The minimum absolute atomic E-state index is 0.0808. The Hall–Kier alpha value is -3.16. The first-order chi connectivity index (χ1) is 18.0. The highest BCUT2D eigenvalue weighted by molar-refractivity contribution is 7.13. The van der Waals surface area contributed by atoms with E-state index in [9.17, 15) is 9.59 Å². The van der Waals surface area contributed by atoms with E-state index in [-0.39, 0.29) is 11.8 Å². The number of nitrogen functional groups attached to an aromatic ring is 1. The van der Waals surface area contributed by atoms with Gasteiger partial charge >= 0.3 is 6.03 Å². The number of likely N-dealkylation sites (N-methyl/N-ethyl adjacent to an activating group) is 1. The van der Waals surface area contributed by atoms with Gasteiger partial charge in [0.1, 0.15) is 0 Å². The fourth-order valence-electron chi connectivity index (χ4n) is 5.32. The van der Waals surface area contributed by atoms with Crippen molar-refractivity contribution in [1.82, 2.24) is 14.7 Å². The molecule has 2 saturated heterocycles. The Kier molecular flexibility index (Phi) is 7.91. The van der Waals surface area contributed by atoms with Gasteiger partial charge in [-0.05, 0) is 72.5 Å². The quantitative estimate of drug-likeness (QED) is 0.368. The fourth-order valence-corrected chi connectivity index (χ4v) is 6.04. The van der Waals surface area contributed by atoms with Gasteiger partial charge in [-0.2, -0.15) is 0 Å². The summed E-state index contributed by atoms with van der Waals surface area (Å²) in [6.07, 6.45) is 3.34. The minimum atomic E-state index is 0.0808. The predicted molar refractivity (Wildman–Crippen MR) is 151 cm³/mol. The lowest BCUT2D eigenvalue weighted by atomic mass is 9.89. The number of urea groups is 1. The summed E-state index contributed by atoms with van der Waals surface area (Å²) in [7, 11) is 2.11. The second kappa shape index (κ2) is 11.5. The Balaban J connectivity index is 1.13. The summed E-state index contributed by atoms with van der Waals surface area (Å²) >= 11 is 1.68. The smallest absolute Gasteiger partial charge is 0.320 e. The molecule has 2 amide bonds. The van der Waals surface area contributed by atoms with E-state index in [0.29, 0.717) is 18.0 Å². The number of likely N-dealkylation sites (tertiary alicyclic amines) is 1. The Labute approximate surface area is 223 Å². The summed E-state index contributed by atoms with van der Waals surface area (Å²) in [4.78, 5) is 33.3. The predicted octanol–water partition coefficient (Wildman–Crippen LogP) is 5.04. The maximum Gasteiger partial charge on any atom is 0.320 e. The highest BCUT2D eigenvalue weighted by Crippen LogP contribution is 2.28. The zero-order chi connectivity index (χ0) is 25.8. The van der Waals surface area contributed by atoms with Crippen molar-refractivity contribution in [2.75, 3.05) is 52.0 Å². The number of piperidine rings is 1. The molecule has 6 nitrogen and oxygen atoms in total. The number of rotatable bonds is 6. The molecule has 2 aliphatic heterocycles. The van der Waals surface area contributed by atoms with Gasteiger partial charge in [0.05, 0.1) is 0 Å². The van der Waals surface area contributed by atoms with Crippen LogP contribution in [-0.4, -0.2) is 72.8 Å². The summed E-state index contributed by atoms with van der Waals surface area (Å²) in [6.45, 7) is 5.22. The van der Waals surface area contributed by atoms with Gasteiger partial charge in [0.15, 0.2) is 5.78 Å². The second-order valence-corrected chi connectivity index (χ2v) is 11.3. The number of benzene rings is 2. The van der Waals surface area contributed by atoms with Crippen LogP contribution < -0.4 is 5.73 Å². The molecule has 0 saturated carbocycles. The van der Waals surface area contributed by atoms with E-state index in [0.717, 1.165) is 75.2 Å². The molecule has 194 valence electrons. The molecular formula is C30H36N4O2S. The van der Waals surface area contributed by atoms with Crippen LogP contribution in [0.2, 0.25) is 0 Å². The lowest BCUT2D eigenvalue weighted by Crippen LogP contribution is -2.53. The van der Waals surface area contributed by atoms with Crippen LogP contribution in [0.25, 0.3) is 10.4 Å². The standard InChI is InChI=1S/C30H36N4O2S/c1-32-14-16-34(17-15-32)30(36)33-12-10-23(11-13-33)19-22-4-6-24(7-5-22)28(35)21-26-20-25(8-9-27(26)31)29-3-2-18-37-29/h2-9,18,20,23H,10-17,19,21,31H2,1H3. The molecule has 2 aliphatic rings. The van der Waals surface area contributed by atoms with Gasteiger partial charge in [0, 0.05) is 61.8 Å². The second-order valence-electron chi connectivity index (χ2n) is 10.4. The monoisotopic (exact) mass is 516 g/mol. The summed E-state index contributed by atoms with van der Waals surface area (Å²) in [6, 6.07) is 18.3. The Morgan fingerprint density at radius 1 is 0.919 bits per heavy atom. The number of piperazine rings is 1. The van der Waals surface area contributed by atoms with Gasteiger partial charge < -0.3 is 20.4 Å². The number of ketones is 1. The lowest BCUT2D eigenvalue weighted by Gasteiger charge is -2.39. The molecule has 3 heterocycles. The van der Waals surface area contributed by atoms with Crippen LogP contribution in [0.5, 0.6) is 0 Å². The molecule has 0 atom stereocenters. The molecule has 0 radical (unpaired) electrons. The highest BCUT2D eigenvalue weighted by atomic mass is 32.1. The number of nitrogens with zero attached hydrogens (tertiary/aromatic N) is 3. The Bertz CT molecular complexity index is 1210. The van der Waals surface area contributed by atoms with Gasteiger partial charge in [-0.3, -0.25) is 4.79 Å². The molecule has 0 bridgehead atoms. The zero-order valence-electron chi connectivity index (χ0n) is 21.6. The molecule has 0 spiro atoms. The number of nitrogens with two attached hydrogens (primary N) is 1. The number of hydrogen-bond acceptors (Lipinski definition) is 5. The molecule has 5 rings (SSSR count). The largest absolute Gasteiger partial charge is 0.398 e. The van der Waals surface area contributed by atoms with Crippen molar-refractivity contribution in [2.45, 2.75) is 25.7 Å². The van der Waals surface area contributed by atoms with E-state index in [2.05, 4.69) is 35.5 Å². The van der Waals surface area contributed by atoms with E-state index in [1.807, 2.05) is 46.2 Å². The van der Waals surface area contributed by atoms with Crippen LogP contribution in [0.4, 0.5) is 10.5 Å². The van der Waals surface area contributed by atoms with Crippen LogP contribution in [0, 0.1) is 5.92 Å². The maximum atomic E-state index is 13.0. The SMILES string of the molecule is CN1CCN(C(=O)N2CCC(Cc3ccc(C(=O)Cc4cc(-c5cccs5)ccc4N)cc3)CC2)CC1. The Morgan fingerprint density at radius 3 is 2.30 bits per heavy atom. The molecule has 3 aromatic rings. The van der Waals surface area contributed by atoms with Gasteiger partial charge in [-0.1, -0.05) is 36.4 Å². The summed E-state index contributed by atoms with van der Waals surface area (Å²) < 4.78 is 0. The average Bonchev–Trinajstić information content (AvgIpc) is 3.46. The van der Waals surface area contributed by atoms with Crippen molar-refractivity contribution < 1.29 is 9.59 Å². The molecule has 0 aliphatic carbocycles. The van der Waals surface area contributed by atoms with E-state index in [1.54, 1.807) is 11.3 Å². The molecule has 37 heavy (non-hydrogen) atoms. The number of amides is 2. The maximum absolute atomic E-state index is 13.0. The summed E-state index contributed by atoms with van der Waals surface area (Å²) in [5.74, 6) is 0.648. The van der Waals surface area contributed by atoms with E-state index in [1.165, 1.54) is 10.4 Å². The van der Waals surface area contributed by atoms with Crippen molar-refractivity contribution in [3.05, 3.63) is 76.7 Å². The van der Waals surface area contributed by atoms with Crippen LogP contribution in [0.15, 0.2) is 60.0 Å². The summed E-state index contributed by atoms with van der Waals surface area (Å²) in [5.41, 5.74) is 10.8. The molecule has 0 unspecified atom stereocenters. The highest BCUT2D eigenvalue weighted by Gasteiger charge is 2.28. The van der Waals surface area contributed by atoms with Gasteiger partial charge in [-0.25, -0.2) is 4.79 Å². The molecule has 2 N–H and O–H groups in total. The third-order valence-electron chi connectivity index (χ3n) is 7.76. The molecule has 7 heteroatoms.